The summed E-state index contributed by atoms with van der Waals surface area (Å²) in [5.41, 5.74) is 3.73. The summed E-state index contributed by atoms with van der Waals surface area (Å²) in [5, 5.41) is 13.6. The molecule has 34 heavy (non-hydrogen) atoms. The minimum atomic E-state index is -0.299. The fraction of sp³-hybridized carbons (Fsp3) is 0.160. The molecule has 0 radical (unpaired) electrons. The van der Waals surface area contributed by atoms with E-state index < -0.39 is 0 Å². The van der Waals surface area contributed by atoms with Crippen molar-refractivity contribution in [2.75, 3.05) is 12.4 Å². The summed E-state index contributed by atoms with van der Waals surface area (Å²) >= 11 is 5.99. The SMILES string of the molecule is CO.Cc1cc(F)ccc1Nc1ncc(C)c(-n2ccc(C(=O)NCc3cccc(Cl)c3)c2)n1. The Morgan fingerprint density at radius 2 is 1.91 bits per heavy atom. The van der Waals surface area contributed by atoms with Crippen molar-refractivity contribution < 1.29 is 14.3 Å². The van der Waals surface area contributed by atoms with E-state index >= 15 is 0 Å². The van der Waals surface area contributed by atoms with Crippen molar-refractivity contribution in [3.8, 4) is 5.82 Å². The van der Waals surface area contributed by atoms with Crippen LogP contribution in [-0.2, 0) is 6.54 Å². The summed E-state index contributed by atoms with van der Waals surface area (Å²) in [7, 11) is 1.00. The maximum Gasteiger partial charge on any atom is 0.253 e. The monoisotopic (exact) mass is 481 g/mol. The summed E-state index contributed by atoms with van der Waals surface area (Å²) in [4.78, 5) is 21.5. The summed E-state index contributed by atoms with van der Waals surface area (Å²) in [6, 6.07) is 13.5. The van der Waals surface area contributed by atoms with Crippen LogP contribution in [0.5, 0.6) is 0 Å². The molecule has 0 fully saturated rings. The zero-order valence-corrected chi connectivity index (χ0v) is 19.8. The van der Waals surface area contributed by atoms with Gasteiger partial charge in [-0.15, -0.1) is 0 Å². The Morgan fingerprint density at radius 1 is 1.12 bits per heavy atom. The van der Waals surface area contributed by atoms with E-state index in [1.807, 2.05) is 25.1 Å². The lowest BCUT2D eigenvalue weighted by molar-refractivity contribution is 0.0951. The number of hydrogen-bond donors (Lipinski definition) is 3. The molecule has 0 aliphatic heterocycles. The Morgan fingerprint density at radius 3 is 2.65 bits per heavy atom. The maximum absolute atomic E-state index is 13.4. The third-order valence-electron chi connectivity index (χ3n) is 4.92. The van der Waals surface area contributed by atoms with Gasteiger partial charge in [0.25, 0.3) is 5.91 Å². The number of benzene rings is 2. The molecular weight excluding hydrogens is 457 g/mol. The molecule has 7 nitrogen and oxygen atoms in total. The van der Waals surface area contributed by atoms with Crippen LogP contribution in [0.25, 0.3) is 5.82 Å². The number of aryl methyl sites for hydroxylation is 2. The number of carbonyl (C=O) groups excluding carboxylic acids is 1. The van der Waals surface area contributed by atoms with Crippen LogP contribution < -0.4 is 10.6 Å². The van der Waals surface area contributed by atoms with Crippen LogP contribution in [-0.4, -0.2) is 32.7 Å². The van der Waals surface area contributed by atoms with Gasteiger partial charge in [0.2, 0.25) is 5.95 Å². The number of aliphatic hydroxyl groups excluding tert-OH is 1. The minimum Gasteiger partial charge on any atom is -0.400 e. The fourth-order valence-electron chi connectivity index (χ4n) is 3.24. The Kier molecular flexibility index (Phi) is 8.34. The number of amides is 1. The average Bonchev–Trinajstić information content (AvgIpc) is 3.32. The molecule has 0 saturated carbocycles. The Balaban J connectivity index is 0.00000158. The van der Waals surface area contributed by atoms with Gasteiger partial charge >= 0.3 is 0 Å². The summed E-state index contributed by atoms with van der Waals surface area (Å²) in [5.74, 6) is 0.514. The summed E-state index contributed by atoms with van der Waals surface area (Å²) < 4.78 is 15.1. The number of anilines is 2. The minimum absolute atomic E-state index is 0.198. The predicted molar refractivity (Wildman–Crippen MR) is 131 cm³/mol. The van der Waals surface area contributed by atoms with E-state index in [1.165, 1.54) is 12.1 Å². The second kappa shape index (κ2) is 11.4. The van der Waals surface area contributed by atoms with Crippen LogP contribution in [0.1, 0.15) is 27.0 Å². The zero-order valence-electron chi connectivity index (χ0n) is 19.0. The number of carbonyl (C=O) groups is 1. The first-order valence-corrected chi connectivity index (χ1v) is 10.8. The number of rotatable bonds is 6. The number of aliphatic hydroxyl groups is 1. The smallest absolute Gasteiger partial charge is 0.253 e. The molecule has 0 atom stereocenters. The Hall–Kier alpha value is -3.75. The molecule has 0 bridgehead atoms. The van der Waals surface area contributed by atoms with E-state index in [-0.39, 0.29) is 11.7 Å². The molecule has 1 amide bonds. The fourth-order valence-corrected chi connectivity index (χ4v) is 3.45. The van der Waals surface area contributed by atoms with E-state index in [0.717, 1.165) is 29.5 Å². The van der Waals surface area contributed by atoms with Crippen molar-refractivity contribution in [3.63, 3.8) is 0 Å². The number of nitrogens with one attached hydrogen (secondary N) is 2. The standard InChI is InChI=1S/C24H21ClFN5O.CH4O/c1-15-10-20(26)6-7-21(15)29-24-28-12-16(2)22(30-24)31-9-8-18(14-31)23(32)27-13-17-4-3-5-19(25)11-17;1-2/h3-12,14H,13H2,1-2H3,(H,27,32)(H,28,29,30);2H,1H3. The third kappa shape index (κ3) is 6.18. The Labute approximate surface area is 202 Å². The second-order valence-corrected chi connectivity index (χ2v) is 7.84. The van der Waals surface area contributed by atoms with Crippen LogP contribution in [0.2, 0.25) is 5.02 Å². The van der Waals surface area contributed by atoms with Gasteiger partial charge in [0.1, 0.15) is 11.6 Å². The quantitative estimate of drug-likeness (QED) is 0.362. The van der Waals surface area contributed by atoms with Crippen molar-refractivity contribution in [1.29, 1.82) is 0 Å². The average molecular weight is 482 g/mol. The van der Waals surface area contributed by atoms with E-state index in [4.69, 9.17) is 16.7 Å². The first kappa shape index (κ1) is 24.9. The number of aromatic nitrogens is 3. The first-order chi connectivity index (χ1) is 16.4. The molecule has 176 valence electrons. The molecule has 0 saturated heterocycles. The zero-order chi connectivity index (χ0) is 24.7. The summed E-state index contributed by atoms with van der Waals surface area (Å²) in [6.07, 6.45) is 5.19. The molecule has 2 aromatic carbocycles. The molecule has 2 heterocycles. The highest BCUT2D eigenvalue weighted by molar-refractivity contribution is 6.30. The van der Waals surface area contributed by atoms with Gasteiger partial charge in [-0.3, -0.25) is 4.79 Å². The molecule has 0 unspecified atom stereocenters. The largest absolute Gasteiger partial charge is 0.400 e. The topological polar surface area (TPSA) is 92.1 Å². The van der Waals surface area contributed by atoms with Crippen molar-refractivity contribution in [2.45, 2.75) is 20.4 Å². The van der Waals surface area contributed by atoms with E-state index in [9.17, 15) is 9.18 Å². The van der Waals surface area contributed by atoms with Gasteiger partial charge in [0.05, 0.1) is 5.56 Å². The molecule has 0 aliphatic rings. The Bertz CT molecular complexity index is 1290. The first-order valence-electron chi connectivity index (χ1n) is 10.4. The van der Waals surface area contributed by atoms with Gasteiger partial charge in [-0.25, -0.2) is 9.37 Å². The lowest BCUT2D eigenvalue weighted by atomic mass is 10.2. The van der Waals surface area contributed by atoms with Gasteiger partial charge in [0, 0.05) is 48.5 Å². The number of nitrogens with zero attached hydrogens (tertiary/aromatic N) is 3. The lowest BCUT2D eigenvalue weighted by Gasteiger charge is -2.11. The molecule has 0 spiro atoms. The third-order valence-corrected chi connectivity index (χ3v) is 5.16. The molecule has 4 aromatic rings. The van der Waals surface area contributed by atoms with Crippen LogP contribution >= 0.6 is 11.6 Å². The van der Waals surface area contributed by atoms with Gasteiger partial charge in [-0.05, 0) is 61.4 Å². The molecule has 3 N–H and O–H groups in total. The highest BCUT2D eigenvalue weighted by atomic mass is 35.5. The van der Waals surface area contributed by atoms with Crippen LogP contribution in [0, 0.1) is 19.7 Å². The van der Waals surface area contributed by atoms with Crippen molar-refractivity contribution in [1.82, 2.24) is 19.9 Å². The molecular formula is C25H25ClFN5O2. The molecule has 4 rings (SSSR count). The molecule has 2 aromatic heterocycles. The molecule has 0 aliphatic carbocycles. The van der Waals surface area contributed by atoms with E-state index in [2.05, 4.69) is 20.6 Å². The van der Waals surface area contributed by atoms with Crippen LogP contribution in [0.3, 0.4) is 0 Å². The van der Waals surface area contributed by atoms with Crippen LogP contribution in [0.4, 0.5) is 16.0 Å². The van der Waals surface area contributed by atoms with Gasteiger partial charge in [0.15, 0.2) is 0 Å². The van der Waals surface area contributed by atoms with Crippen LogP contribution in [0.15, 0.2) is 67.1 Å². The number of hydrogen-bond acceptors (Lipinski definition) is 5. The highest BCUT2D eigenvalue weighted by Crippen LogP contribution is 2.21. The summed E-state index contributed by atoms with van der Waals surface area (Å²) in [6.45, 7) is 4.07. The van der Waals surface area contributed by atoms with Crippen molar-refractivity contribution >= 4 is 29.1 Å². The maximum atomic E-state index is 13.4. The molecule has 9 heteroatoms. The highest BCUT2D eigenvalue weighted by Gasteiger charge is 2.12. The van der Waals surface area contributed by atoms with Gasteiger partial charge in [-0.2, -0.15) is 4.98 Å². The van der Waals surface area contributed by atoms with E-state index in [0.29, 0.717) is 28.9 Å². The van der Waals surface area contributed by atoms with Crippen molar-refractivity contribution in [2.24, 2.45) is 0 Å². The van der Waals surface area contributed by atoms with Gasteiger partial charge in [-0.1, -0.05) is 23.7 Å². The lowest BCUT2D eigenvalue weighted by Crippen LogP contribution is -2.22. The number of halogens is 2. The normalized spacial score (nSPS) is 10.3. The van der Waals surface area contributed by atoms with Gasteiger partial charge < -0.3 is 20.3 Å². The van der Waals surface area contributed by atoms with E-state index in [1.54, 1.807) is 48.3 Å². The van der Waals surface area contributed by atoms with Crippen molar-refractivity contribution in [3.05, 3.63) is 100 Å². The predicted octanol–water partition coefficient (Wildman–Crippen LogP) is 4.96. The second-order valence-electron chi connectivity index (χ2n) is 7.40.